The van der Waals surface area contributed by atoms with Crippen LogP contribution in [0.3, 0.4) is 0 Å². The van der Waals surface area contributed by atoms with Crippen LogP contribution in [0.15, 0.2) is 36.4 Å². The van der Waals surface area contributed by atoms with E-state index in [1.807, 2.05) is 0 Å². The van der Waals surface area contributed by atoms with Crippen LogP contribution in [-0.4, -0.2) is 13.7 Å². The van der Waals surface area contributed by atoms with Crippen molar-refractivity contribution in [2.45, 2.75) is 51.9 Å². The fourth-order valence-electron chi connectivity index (χ4n) is 4.22. The molecule has 3 rings (SSSR count). The summed E-state index contributed by atoms with van der Waals surface area (Å²) in [5.41, 5.74) is 0.0766. The summed E-state index contributed by atoms with van der Waals surface area (Å²) >= 11 is 0. The van der Waals surface area contributed by atoms with Crippen LogP contribution >= 0.6 is 0 Å². The summed E-state index contributed by atoms with van der Waals surface area (Å²) in [4.78, 5) is 0. The van der Waals surface area contributed by atoms with E-state index in [-0.39, 0.29) is 11.3 Å². The van der Waals surface area contributed by atoms with Crippen LogP contribution in [0.1, 0.15) is 57.4 Å². The highest BCUT2D eigenvalue weighted by molar-refractivity contribution is 5.69. The number of halogens is 3. The zero-order valence-corrected chi connectivity index (χ0v) is 17.1. The first-order valence-corrected chi connectivity index (χ1v) is 10.4. The average molecular weight is 406 g/mol. The van der Waals surface area contributed by atoms with Crippen LogP contribution in [0.25, 0.3) is 11.1 Å². The maximum Gasteiger partial charge on any atom is 0.267 e. The molecule has 0 saturated heterocycles. The molecule has 2 aromatic rings. The van der Waals surface area contributed by atoms with Crippen molar-refractivity contribution in [3.8, 4) is 22.6 Å². The minimum atomic E-state index is -2.93. The van der Waals surface area contributed by atoms with Crippen LogP contribution in [0, 0.1) is 17.7 Å². The Bertz CT molecular complexity index is 781. The molecule has 0 atom stereocenters. The fourth-order valence-corrected chi connectivity index (χ4v) is 4.22. The molecule has 0 aliphatic heterocycles. The van der Waals surface area contributed by atoms with Crippen molar-refractivity contribution in [3.05, 3.63) is 47.8 Å². The first-order valence-electron chi connectivity index (χ1n) is 10.4. The molecule has 2 nitrogen and oxygen atoms in total. The number of hydrogen-bond acceptors (Lipinski definition) is 2. The molecular weight excluding hydrogens is 377 g/mol. The number of rotatable bonds is 8. The SMILES string of the molecule is CCCC1CCC(COc2ccc(-c3ccc(OC)cc3)c(C(F)F)c2F)CC1. The van der Waals surface area contributed by atoms with E-state index in [0.717, 1.165) is 18.8 Å². The molecule has 0 heterocycles. The molecule has 0 unspecified atom stereocenters. The Labute approximate surface area is 171 Å². The van der Waals surface area contributed by atoms with Gasteiger partial charge in [-0.05, 0) is 60.1 Å². The van der Waals surface area contributed by atoms with Gasteiger partial charge in [-0.2, -0.15) is 0 Å². The van der Waals surface area contributed by atoms with E-state index in [1.54, 1.807) is 24.3 Å². The Kier molecular flexibility index (Phi) is 7.45. The summed E-state index contributed by atoms with van der Waals surface area (Å²) in [7, 11) is 1.53. The van der Waals surface area contributed by atoms with Crippen LogP contribution in [0.5, 0.6) is 11.5 Å². The molecule has 2 aromatic carbocycles. The molecule has 1 fully saturated rings. The Morgan fingerprint density at radius 1 is 0.966 bits per heavy atom. The summed E-state index contributed by atoms with van der Waals surface area (Å²) in [6.45, 7) is 2.58. The zero-order valence-electron chi connectivity index (χ0n) is 17.1. The number of hydrogen-bond donors (Lipinski definition) is 0. The van der Waals surface area contributed by atoms with Gasteiger partial charge in [0.05, 0.1) is 19.3 Å². The molecule has 5 heteroatoms. The van der Waals surface area contributed by atoms with Gasteiger partial charge in [0, 0.05) is 0 Å². The Morgan fingerprint density at radius 3 is 2.21 bits per heavy atom. The minimum Gasteiger partial charge on any atom is -0.497 e. The molecule has 1 aliphatic rings. The third-order valence-corrected chi connectivity index (χ3v) is 5.90. The Balaban J connectivity index is 1.73. The lowest BCUT2D eigenvalue weighted by Crippen LogP contribution is -2.20. The molecule has 0 amide bonds. The maximum atomic E-state index is 14.9. The minimum absolute atomic E-state index is 0.0896. The molecule has 1 saturated carbocycles. The van der Waals surface area contributed by atoms with Crippen molar-refractivity contribution in [1.82, 2.24) is 0 Å². The van der Waals surface area contributed by atoms with E-state index in [9.17, 15) is 13.2 Å². The molecule has 0 radical (unpaired) electrons. The number of ether oxygens (including phenoxy) is 2. The smallest absolute Gasteiger partial charge is 0.267 e. The van der Waals surface area contributed by atoms with Gasteiger partial charge in [0.25, 0.3) is 6.43 Å². The van der Waals surface area contributed by atoms with Crippen molar-refractivity contribution in [3.63, 3.8) is 0 Å². The van der Waals surface area contributed by atoms with Crippen LogP contribution < -0.4 is 9.47 Å². The van der Waals surface area contributed by atoms with E-state index in [2.05, 4.69) is 6.92 Å². The lowest BCUT2D eigenvalue weighted by molar-refractivity contribution is 0.143. The third kappa shape index (κ3) is 5.26. The summed E-state index contributed by atoms with van der Waals surface area (Å²) in [5.74, 6) is 0.698. The van der Waals surface area contributed by atoms with Crippen molar-refractivity contribution >= 4 is 0 Å². The van der Waals surface area contributed by atoms with Crippen molar-refractivity contribution < 1.29 is 22.6 Å². The number of benzene rings is 2. The van der Waals surface area contributed by atoms with Crippen LogP contribution in [0.2, 0.25) is 0 Å². The molecule has 0 aromatic heterocycles. The van der Waals surface area contributed by atoms with Gasteiger partial charge in [-0.1, -0.05) is 44.7 Å². The molecule has 158 valence electrons. The Morgan fingerprint density at radius 2 is 1.62 bits per heavy atom. The van der Waals surface area contributed by atoms with Gasteiger partial charge in [-0.25, -0.2) is 13.2 Å². The second-order valence-corrected chi connectivity index (χ2v) is 7.85. The average Bonchev–Trinajstić information content (AvgIpc) is 2.73. The van der Waals surface area contributed by atoms with Gasteiger partial charge in [0.1, 0.15) is 5.75 Å². The quantitative estimate of drug-likeness (QED) is 0.454. The first kappa shape index (κ1) is 21.5. The van der Waals surface area contributed by atoms with Crippen molar-refractivity contribution in [2.75, 3.05) is 13.7 Å². The highest BCUT2D eigenvalue weighted by Crippen LogP contribution is 2.38. The standard InChI is InChI=1S/C24H29F3O2/c1-3-4-16-5-7-17(8-6-16)15-29-21-14-13-20(22(23(21)25)24(26)27)18-9-11-19(28-2)12-10-18/h9-14,16-17,24H,3-8,15H2,1-2H3. The highest BCUT2D eigenvalue weighted by atomic mass is 19.3. The number of methoxy groups -OCH3 is 1. The van der Waals surface area contributed by atoms with E-state index in [1.165, 1.54) is 44.9 Å². The summed E-state index contributed by atoms with van der Waals surface area (Å²) in [5, 5.41) is 0. The zero-order chi connectivity index (χ0) is 20.8. The van der Waals surface area contributed by atoms with E-state index >= 15 is 0 Å². The number of alkyl halides is 2. The van der Waals surface area contributed by atoms with Crippen LogP contribution in [0.4, 0.5) is 13.2 Å². The normalized spacial score (nSPS) is 19.4. The fraction of sp³-hybridized carbons (Fsp3) is 0.500. The third-order valence-electron chi connectivity index (χ3n) is 5.90. The summed E-state index contributed by atoms with van der Waals surface area (Å²) in [6.07, 6.45) is 3.98. The van der Waals surface area contributed by atoms with Gasteiger partial charge in [-0.15, -0.1) is 0 Å². The van der Waals surface area contributed by atoms with Gasteiger partial charge >= 0.3 is 0 Å². The van der Waals surface area contributed by atoms with Crippen molar-refractivity contribution in [2.24, 2.45) is 11.8 Å². The van der Waals surface area contributed by atoms with Gasteiger partial charge in [-0.3, -0.25) is 0 Å². The molecule has 29 heavy (non-hydrogen) atoms. The summed E-state index contributed by atoms with van der Waals surface area (Å²) in [6, 6.07) is 9.61. The molecule has 1 aliphatic carbocycles. The monoisotopic (exact) mass is 406 g/mol. The topological polar surface area (TPSA) is 18.5 Å². The Hall–Kier alpha value is -2.17. The molecular formula is C24H29F3O2. The highest BCUT2D eigenvalue weighted by Gasteiger charge is 2.25. The van der Waals surface area contributed by atoms with Crippen LogP contribution in [-0.2, 0) is 0 Å². The van der Waals surface area contributed by atoms with Gasteiger partial charge < -0.3 is 9.47 Å². The predicted octanol–water partition coefficient (Wildman–Crippen LogP) is 7.42. The predicted molar refractivity (Wildman–Crippen MR) is 109 cm³/mol. The van der Waals surface area contributed by atoms with Gasteiger partial charge in [0.15, 0.2) is 11.6 Å². The molecule has 0 bridgehead atoms. The summed E-state index contributed by atoms with van der Waals surface area (Å²) < 4.78 is 53.0. The first-order chi connectivity index (χ1) is 14.0. The molecule has 0 N–H and O–H groups in total. The van der Waals surface area contributed by atoms with E-state index in [4.69, 9.17) is 9.47 Å². The van der Waals surface area contributed by atoms with E-state index in [0.29, 0.717) is 23.8 Å². The van der Waals surface area contributed by atoms with Gasteiger partial charge in [0.2, 0.25) is 0 Å². The molecule has 0 spiro atoms. The largest absolute Gasteiger partial charge is 0.497 e. The van der Waals surface area contributed by atoms with E-state index < -0.39 is 17.8 Å². The maximum absolute atomic E-state index is 14.9. The lowest BCUT2D eigenvalue weighted by Gasteiger charge is -2.28. The van der Waals surface area contributed by atoms with Crippen molar-refractivity contribution in [1.29, 1.82) is 0 Å². The lowest BCUT2D eigenvalue weighted by atomic mass is 9.80. The second kappa shape index (κ2) is 10.0. The second-order valence-electron chi connectivity index (χ2n) is 7.85.